The molecular formula is C30H32N6O2S. The molecule has 0 atom stereocenters. The van der Waals surface area contributed by atoms with E-state index in [-0.39, 0.29) is 5.91 Å². The number of nitrogens with zero attached hydrogens (tertiary/aromatic N) is 2. The van der Waals surface area contributed by atoms with Crippen molar-refractivity contribution < 1.29 is 9.53 Å². The Balaban J connectivity index is 1.36. The van der Waals surface area contributed by atoms with E-state index in [9.17, 15) is 4.79 Å². The molecule has 200 valence electrons. The van der Waals surface area contributed by atoms with Gasteiger partial charge in [-0.3, -0.25) is 9.52 Å². The van der Waals surface area contributed by atoms with Gasteiger partial charge < -0.3 is 20.7 Å². The van der Waals surface area contributed by atoms with E-state index in [2.05, 4.69) is 37.8 Å². The summed E-state index contributed by atoms with van der Waals surface area (Å²) >= 11 is 1.62. The van der Waals surface area contributed by atoms with Gasteiger partial charge in [0.1, 0.15) is 11.6 Å². The Morgan fingerprint density at radius 1 is 1.03 bits per heavy atom. The van der Waals surface area contributed by atoms with Gasteiger partial charge in [-0.05, 0) is 74.2 Å². The van der Waals surface area contributed by atoms with Crippen LogP contribution in [0.1, 0.15) is 25.8 Å². The summed E-state index contributed by atoms with van der Waals surface area (Å²) in [5.41, 5.74) is 3.52. The Morgan fingerprint density at radius 3 is 2.67 bits per heavy atom. The van der Waals surface area contributed by atoms with Crippen molar-refractivity contribution in [3.05, 3.63) is 84.6 Å². The lowest BCUT2D eigenvalue weighted by Gasteiger charge is -2.26. The van der Waals surface area contributed by atoms with Crippen molar-refractivity contribution in [2.75, 3.05) is 36.1 Å². The van der Waals surface area contributed by atoms with E-state index in [0.717, 1.165) is 52.6 Å². The average Bonchev–Trinajstić information content (AvgIpc) is 2.96. The molecular weight excluding hydrogens is 508 g/mol. The summed E-state index contributed by atoms with van der Waals surface area (Å²) in [6.07, 6.45) is 2.76. The molecule has 0 saturated heterocycles. The van der Waals surface area contributed by atoms with Crippen LogP contribution >= 0.6 is 11.9 Å². The van der Waals surface area contributed by atoms with Crippen LogP contribution in [0.15, 0.2) is 83.9 Å². The number of hydrogen-bond acceptors (Lipinski definition) is 8. The molecule has 0 aliphatic carbocycles. The number of fused-ring (bicyclic) bond motifs is 4. The predicted octanol–water partition coefficient (Wildman–Crippen LogP) is 6.22. The molecule has 9 heteroatoms. The molecule has 1 aliphatic rings. The summed E-state index contributed by atoms with van der Waals surface area (Å²) in [4.78, 5) is 23.7. The van der Waals surface area contributed by atoms with Crippen LogP contribution < -0.4 is 25.4 Å². The highest BCUT2D eigenvalue weighted by Gasteiger charge is 2.32. The Hall–Kier alpha value is -4.08. The van der Waals surface area contributed by atoms with Gasteiger partial charge in [-0.15, -0.1) is 0 Å². The molecule has 0 spiro atoms. The predicted molar refractivity (Wildman–Crippen MR) is 159 cm³/mol. The van der Waals surface area contributed by atoms with Crippen molar-refractivity contribution in [1.29, 1.82) is 0 Å². The number of rotatable bonds is 5. The normalized spacial score (nSPS) is 13.5. The number of hydrogen-bond donors (Lipinski definition) is 4. The summed E-state index contributed by atoms with van der Waals surface area (Å²) in [6, 6.07) is 23.5. The SMILES string of the molecule is COc1ccccc1C(C)(C)C(=O)Nc1ccc(-c2cnc3nc2NCCCNSc2cccc(c2)N3)cc1. The third-order valence-corrected chi connectivity index (χ3v) is 7.46. The minimum Gasteiger partial charge on any atom is -0.496 e. The van der Waals surface area contributed by atoms with Gasteiger partial charge in [0.15, 0.2) is 0 Å². The standard InChI is InChI=1S/C30H32N6O2S/c1-30(2,25-10-4-5-11-26(25)38-3)28(37)34-21-14-12-20(13-15-21)24-19-32-29-35-22-8-6-9-23(18-22)39-33-17-7-16-31-27(24)36-29/h4-6,8-15,18-19,33H,7,16-17H2,1-3H3,(H,34,37)(H2,31,32,35,36). The molecule has 0 fully saturated rings. The lowest BCUT2D eigenvalue weighted by molar-refractivity contribution is -0.120. The molecule has 0 radical (unpaired) electrons. The number of methoxy groups -OCH3 is 1. The first-order valence-corrected chi connectivity index (χ1v) is 13.7. The van der Waals surface area contributed by atoms with Gasteiger partial charge in [0, 0.05) is 46.7 Å². The van der Waals surface area contributed by atoms with Crippen molar-refractivity contribution in [1.82, 2.24) is 14.7 Å². The molecule has 1 aromatic heterocycles. The lowest BCUT2D eigenvalue weighted by Crippen LogP contribution is -2.35. The Kier molecular flexibility index (Phi) is 7.99. The van der Waals surface area contributed by atoms with Crippen molar-refractivity contribution >= 4 is 41.0 Å². The first-order chi connectivity index (χ1) is 18.9. The molecule has 1 amide bonds. The number of carbonyl (C=O) groups excluding carboxylic acids is 1. The number of carbonyl (C=O) groups is 1. The van der Waals surface area contributed by atoms with E-state index in [0.29, 0.717) is 17.4 Å². The van der Waals surface area contributed by atoms with E-state index in [1.165, 1.54) is 0 Å². The quantitative estimate of drug-likeness (QED) is 0.221. The van der Waals surface area contributed by atoms with Crippen LogP contribution in [0.3, 0.4) is 0 Å². The number of para-hydroxylation sites is 1. The molecule has 5 rings (SSSR count). The molecule has 8 nitrogen and oxygen atoms in total. The minimum atomic E-state index is -0.784. The number of aromatic nitrogens is 2. The van der Waals surface area contributed by atoms with Crippen molar-refractivity contribution in [3.63, 3.8) is 0 Å². The molecule has 39 heavy (non-hydrogen) atoms. The van der Waals surface area contributed by atoms with E-state index in [1.54, 1.807) is 19.1 Å². The van der Waals surface area contributed by atoms with E-state index >= 15 is 0 Å². The van der Waals surface area contributed by atoms with Gasteiger partial charge in [-0.2, -0.15) is 4.98 Å². The van der Waals surface area contributed by atoms with Crippen LogP contribution in [0.2, 0.25) is 0 Å². The smallest absolute Gasteiger partial charge is 0.234 e. The fourth-order valence-electron chi connectivity index (χ4n) is 4.36. The molecule has 0 saturated carbocycles. The van der Waals surface area contributed by atoms with Crippen molar-refractivity contribution in [2.45, 2.75) is 30.6 Å². The molecule has 0 unspecified atom stereocenters. The van der Waals surface area contributed by atoms with Gasteiger partial charge in [0.05, 0.1) is 12.5 Å². The summed E-state index contributed by atoms with van der Waals surface area (Å²) < 4.78 is 8.89. The fourth-order valence-corrected chi connectivity index (χ4v) is 5.11. The number of amides is 1. The van der Waals surface area contributed by atoms with Crippen LogP contribution in [-0.4, -0.2) is 36.1 Å². The zero-order valence-electron chi connectivity index (χ0n) is 22.2. The third kappa shape index (κ3) is 6.16. The molecule has 4 aromatic rings. The highest BCUT2D eigenvalue weighted by Crippen LogP contribution is 2.33. The van der Waals surface area contributed by atoms with Crippen LogP contribution in [0.4, 0.5) is 23.1 Å². The second-order valence-electron chi connectivity index (χ2n) is 9.74. The maximum atomic E-state index is 13.3. The zero-order chi connectivity index (χ0) is 27.2. The zero-order valence-corrected chi connectivity index (χ0v) is 23.1. The van der Waals surface area contributed by atoms with Gasteiger partial charge >= 0.3 is 0 Å². The van der Waals surface area contributed by atoms with Crippen LogP contribution in [0.5, 0.6) is 5.75 Å². The van der Waals surface area contributed by atoms with E-state index < -0.39 is 5.41 Å². The maximum absolute atomic E-state index is 13.3. The maximum Gasteiger partial charge on any atom is 0.234 e. The first kappa shape index (κ1) is 26.5. The van der Waals surface area contributed by atoms with E-state index in [4.69, 9.17) is 9.72 Å². The van der Waals surface area contributed by atoms with Crippen LogP contribution in [-0.2, 0) is 10.2 Å². The molecule has 4 bridgehead atoms. The molecule has 4 N–H and O–H groups in total. The van der Waals surface area contributed by atoms with Crippen molar-refractivity contribution in [3.8, 4) is 16.9 Å². The lowest BCUT2D eigenvalue weighted by atomic mass is 9.83. The average molecular weight is 541 g/mol. The number of anilines is 4. The van der Waals surface area contributed by atoms with Crippen LogP contribution in [0.25, 0.3) is 11.1 Å². The third-order valence-electron chi connectivity index (χ3n) is 6.62. The fraction of sp³-hybridized carbons (Fsp3) is 0.233. The van der Waals surface area contributed by atoms with Crippen LogP contribution in [0, 0.1) is 0 Å². The molecule has 2 heterocycles. The molecule has 3 aromatic carbocycles. The van der Waals surface area contributed by atoms with Gasteiger partial charge in [0.25, 0.3) is 0 Å². The Bertz CT molecular complexity index is 1460. The number of benzene rings is 3. The largest absolute Gasteiger partial charge is 0.496 e. The summed E-state index contributed by atoms with van der Waals surface area (Å²) in [6.45, 7) is 5.42. The minimum absolute atomic E-state index is 0.117. The highest BCUT2D eigenvalue weighted by atomic mass is 32.2. The molecule has 1 aliphatic heterocycles. The Labute approximate surface area is 233 Å². The Morgan fingerprint density at radius 2 is 1.85 bits per heavy atom. The van der Waals surface area contributed by atoms with Gasteiger partial charge in [-0.1, -0.05) is 36.4 Å². The summed E-state index contributed by atoms with van der Waals surface area (Å²) in [5, 5.41) is 9.83. The first-order valence-electron chi connectivity index (χ1n) is 12.9. The summed E-state index contributed by atoms with van der Waals surface area (Å²) in [5.74, 6) is 1.85. The summed E-state index contributed by atoms with van der Waals surface area (Å²) in [7, 11) is 1.62. The number of nitrogens with one attached hydrogen (secondary N) is 4. The highest BCUT2D eigenvalue weighted by molar-refractivity contribution is 7.97. The second-order valence-corrected chi connectivity index (χ2v) is 10.7. The topological polar surface area (TPSA) is 100 Å². The van der Waals surface area contributed by atoms with Crippen molar-refractivity contribution in [2.24, 2.45) is 0 Å². The second kappa shape index (κ2) is 11.8. The van der Waals surface area contributed by atoms with Gasteiger partial charge in [-0.25, -0.2) is 4.98 Å². The monoisotopic (exact) mass is 540 g/mol. The van der Waals surface area contributed by atoms with Gasteiger partial charge in [0.2, 0.25) is 11.9 Å². The van der Waals surface area contributed by atoms with E-state index in [1.807, 2.05) is 80.7 Å². The number of ether oxygens (including phenoxy) is 1.